The van der Waals surface area contributed by atoms with Crippen molar-refractivity contribution in [3.63, 3.8) is 0 Å². The first kappa shape index (κ1) is 26.0. The summed E-state index contributed by atoms with van der Waals surface area (Å²) in [5, 5.41) is 10.6. The van der Waals surface area contributed by atoms with Crippen molar-refractivity contribution in [3.05, 3.63) is 83.0 Å². The SMILES string of the molecule is CC(Sc1nc2ncccc2n1-c1ccc(C2CC2)c2ccccc12)C(=O)Nc1ccc(S(N)(=O)=O)cc1Br. The Balaban J connectivity index is 1.35. The molecule has 1 saturated carbocycles. The minimum Gasteiger partial charge on any atom is -0.324 e. The number of carbonyl (C=O) groups is 1. The number of hydrogen-bond acceptors (Lipinski definition) is 6. The first-order valence-electron chi connectivity index (χ1n) is 12.4. The van der Waals surface area contributed by atoms with Crippen molar-refractivity contribution in [3.8, 4) is 5.69 Å². The van der Waals surface area contributed by atoms with Gasteiger partial charge in [-0.25, -0.2) is 23.5 Å². The Kier molecular flexibility index (Phi) is 6.70. The van der Waals surface area contributed by atoms with E-state index in [2.05, 4.69) is 61.1 Å². The van der Waals surface area contributed by atoms with Crippen molar-refractivity contribution in [1.29, 1.82) is 0 Å². The first-order chi connectivity index (χ1) is 18.7. The molecule has 0 aliphatic heterocycles. The first-order valence-corrected chi connectivity index (χ1v) is 15.6. The zero-order valence-electron chi connectivity index (χ0n) is 20.8. The summed E-state index contributed by atoms with van der Waals surface area (Å²) in [7, 11) is -3.86. The molecule has 198 valence electrons. The molecule has 6 rings (SSSR count). The van der Waals surface area contributed by atoms with Crippen LogP contribution in [0.2, 0.25) is 0 Å². The van der Waals surface area contributed by atoms with Crippen molar-refractivity contribution in [2.75, 3.05) is 5.32 Å². The molecule has 0 radical (unpaired) electrons. The van der Waals surface area contributed by atoms with E-state index >= 15 is 0 Å². The third-order valence-electron chi connectivity index (χ3n) is 6.77. The van der Waals surface area contributed by atoms with Crippen LogP contribution in [0.1, 0.15) is 31.2 Å². The van der Waals surface area contributed by atoms with E-state index in [1.54, 1.807) is 13.1 Å². The van der Waals surface area contributed by atoms with Crippen LogP contribution in [0.15, 0.2) is 87.5 Å². The normalized spacial score (nSPS) is 14.5. The largest absolute Gasteiger partial charge is 0.324 e. The maximum Gasteiger partial charge on any atom is 0.238 e. The Bertz CT molecular complexity index is 1870. The fraction of sp³-hybridized carbons (Fsp3) is 0.179. The van der Waals surface area contributed by atoms with Gasteiger partial charge < -0.3 is 5.32 Å². The van der Waals surface area contributed by atoms with Crippen molar-refractivity contribution in [2.45, 2.75) is 41.0 Å². The number of rotatable bonds is 7. The molecule has 0 bridgehead atoms. The highest BCUT2D eigenvalue weighted by Crippen LogP contribution is 2.44. The average molecular weight is 623 g/mol. The molecular formula is C28H24BrN5O3S2. The summed E-state index contributed by atoms with van der Waals surface area (Å²) in [5.74, 6) is 0.352. The zero-order valence-corrected chi connectivity index (χ0v) is 24.1. The molecule has 11 heteroatoms. The van der Waals surface area contributed by atoms with E-state index < -0.39 is 15.3 Å². The summed E-state index contributed by atoms with van der Waals surface area (Å²) >= 11 is 4.66. The van der Waals surface area contributed by atoms with E-state index in [4.69, 9.17) is 10.1 Å². The second-order valence-electron chi connectivity index (χ2n) is 9.51. The average Bonchev–Trinajstić information content (AvgIpc) is 3.69. The third kappa shape index (κ3) is 5.07. The topological polar surface area (TPSA) is 120 Å². The summed E-state index contributed by atoms with van der Waals surface area (Å²) in [5.41, 5.74) is 4.26. The highest BCUT2D eigenvalue weighted by Gasteiger charge is 2.27. The van der Waals surface area contributed by atoms with Crippen LogP contribution < -0.4 is 10.5 Å². The van der Waals surface area contributed by atoms with Crippen LogP contribution >= 0.6 is 27.7 Å². The number of nitrogens with one attached hydrogen (secondary N) is 1. The monoisotopic (exact) mass is 621 g/mol. The van der Waals surface area contributed by atoms with Crippen molar-refractivity contribution in [2.24, 2.45) is 5.14 Å². The predicted molar refractivity (Wildman–Crippen MR) is 158 cm³/mol. The number of pyridine rings is 1. The molecule has 0 saturated heterocycles. The maximum atomic E-state index is 13.2. The van der Waals surface area contributed by atoms with E-state index in [0.29, 0.717) is 26.9 Å². The van der Waals surface area contributed by atoms with Crippen LogP contribution in [0.4, 0.5) is 5.69 Å². The Labute approximate surface area is 238 Å². The van der Waals surface area contributed by atoms with E-state index in [1.165, 1.54) is 53.8 Å². The molecule has 1 atom stereocenters. The minimum absolute atomic E-state index is 0.0454. The Morgan fingerprint density at radius 1 is 1.10 bits per heavy atom. The summed E-state index contributed by atoms with van der Waals surface area (Å²) in [6, 6.07) is 20.9. The number of primary sulfonamides is 1. The Morgan fingerprint density at radius 2 is 1.87 bits per heavy atom. The lowest BCUT2D eigenvalue weighted by Gasteiger charge is -2.17. The Hall–Kier alpha value is -3.25. The molecule has 1 amide bonds. The molecule has 2 heterocycles. The van der Waals surface area contributed by atoms with Gasteiger partial charge in [0.1, 0.15) is 0 Å². The third-order valence-corrected chi connectivity index (χ3v) is 9.39. The van der Waals surface area contributed by atoms with Gasteiger partial charge in [0.25, 0.3) is 0 Å². The number of carbonyl (C=O) groups excluding carboxylic acids is 1. The quantitative estimate of drug-likeness (QED) is 0.216. The number of aromatic nitrogens is 3. The number of benzene rings is 3. The number of hydrogen-bond donors (Lipinski definition) is 2. The van der Waals surface area contributed by atoms with Gasteiger partial charge in [-0.2, -0.15) is 0 Å². The molecule has 5 aromatic rings. The number of thioether (sulfide) groups is 1. The lowest BCUT2D eigenvalue weighted by atomic mass is 9.99. The second kappa shape index (κ2) is 10.1. The van der Waals surface area contributed by atoms with Gasteiger partial charge in [0.2, 0.25) is 15.9 Å². The maximum absolute atomic E-state index is 13.2. The fourth-order valence-corrected chi connectivity index (χ4v) is 6.77. The highest BCUT2D eigenvalue weighted by molar-refractivity contribution is 9.10. The molecule has 1 aliphatic rings. The van der Waals surface area contributed by atoms with Gasteiger partial charge in [0, 0.05) is 16.1 Å². The van der Waals surface area contributed by atoms with Gasteiger partial charge in [-0.3, -0.25) is 9.36 Å². The molecule has 3 N–H and O–H groups in total. The molecule has 1 aliphatic carbocycles. The summed E-state index contributed by atoms with van der Waals surface area (Å²) in [6.07, 6.45) is 4.15. The van der Waals surface area contributed by atoms with Crippen LogP contribution in [0, 0.1) is 0 Å². The van der Waals surface area contributed by atoms with E-state index in [9.17, 15) is 13.2 Å². The van der Waals surface area contributed by atoms with E-state index in [-0.39, 0.29) is 10.8 Å². The number of fused-ring (bicyclic) bond motifs is 2. The lowest BCUT2D eigenvalue weighted by molar-refractivity contribution is -0.115. The van der Waals surface area contributed by atoms with Gasteiger partial charge in [-0.1, -0.05) is 42.1 Å². The number of amides is 1. The number of nitrogens with zero attached hydrogens (tertiary/aromatic N) is 3. The van der Waals surface area contributed by atoms with E-state index in [1.807, 2.05) is 18.2 Å². The Morgan fingerprint density at radius 3 is 2.59 bits per heavy atom. The van der Waals surface area contributed by atoms with Gasteiger partial charge in [0.05, 0.1) is 27.0 Å². The molecule has 8 nitrogen and oxygen atoms in total. The van der Waals surface area contributed by atoms with Gasteiger partial charge in [0.15, 0.2) is 10.8 Å². The summed E-state index contributed by atoms with van der Waals surface area (Å²) in [4.78, 5) is 22.4. The second-order valence-corrected chi connectivity index (χ2v) is 13.2. The number of halogens is 1. The van der Waals surface area contributed by atoms with Crippen molar-refractivity contribution in [1.82, 2.24) is 14.5 Å². The fourth-order valence-electron chi connectivity index (χ4n) is 4.68. The van der Waals surface area contributed by atoms with Crippen LogP contribution in [-0.2, 0) is 14.8 Å². The predicted octanol–water partition coefficient (Wildman–Crippen LogP) is 5.98. The van der Waals surface area contributed by atoms with Crippen LogP contribution in [0.25, 0.3) is 27.6 Å². The van der Waals surface area contributed by atoms with Crippen LogP contribution in [-0.4, -0.2) is 34.1 Å². The lowest BCUT2D eigenvalue weighted by Crippen LogP contribution is -2.23. The smallest absolute Gasteiger partial charge is 0.238 e. The number of anilines is 1. The van der Waals surface area contributed by atoms with E-state index in [0.717, 1.165) is 16.6 Å². The molecular weight excluding hydrogens is 598 g/mol. The van der Waals surface area contributed by atoms with Gasteiger partial charge in [-0.05, 0) is 89.0 Å². The van der Waals surface area contributed by atoms with Crippen LogP contribution in [0.5, 0.6) is 0 Å². The molecule has 0 spiro atoms. The number of imidazole rings is 1. The number of sulfonamides is 1. The van der Waals surface area contributed by atoms with Crippen molar-refractivity contribution < 1.29 is 13.2 Å². The highest BCUT2D eigenvalue weighted by atomic mass is 79.9. The molecule has 39 heavy (non-hydrogen) atoms. The standard InChI is InChI=1S/C28H24BrN5O3S2/c1-16(27(35)32-23-12-10-18(15-22(23)29)39(30,36)37)38-28-33-26-25(7-4-14-31-26)34(28)24-13-11-19(17-8-9-17)20-5-2-3-6-21(20)24/h2-7,10-17H,8-9H2,1H3,(H,32,35)(H2,30,36,37). The summed E-state index contributed by atoms with van der Waals surface area (Å²) < 4.78 is 25.8. The van der Waals surface area contributed by atoms with Gasteiger partial charge in [-0.15, -0.1) is 0 Å². The molecule has 3 aromatic carbocycles. The molecule has 1 unspecified atom stereocenters. The van der Waals surface area contributed by atoms with Gasteiger partial charge >= 0.3 is 0 Å². The zero-order chi connectivity index (χ0) is 27.3. The molecule has 2 aromatic heterocycles. The summed E-state index contributed by atoms with van der Waals surface area (Å²) in [6.45, 7) is 1.80. The van der Waals surface area contributed by atoms with Crippen molar-refractivity contribution >= 4 is 71.2 Å². The number of nitrogens with two attached hydrogens (primary N) is 1. The minimum atomic E-state index is -3.86. The molecule has 1 fully saturated rings. The van der Waals surface area contributed by atoms with Crippen LogP contribution in [0.3, 0.4) is 0 Å².